The van der Waals surface area contributed by atoms with E-state index >= 15 is 0 Å². The van der Waals surface area contributed by atoms with Crippen LogP contribution in [0.3, 0.4) is 0 Å². The fourth-order valence-electron chi connectivity index (χ4n) is 4.02. The van der Waals surface area contributed by atoms with Crippen molar-refractivity contribution >= 4 is 16.9 Å². The van der Waals surface area contributed by atoms with Crippen LogP contribution in [-0.4, -0.2) is 16.6 Å². The summed E-state index contributed by atoms with van der Waals surface area (Å²) >= 11 is 0. The lowest BCUT2D eigenvalue weighted by Crippen LogP contribution is -2.17. The Morgan fingerprint density at radius 2 is 1.44 bits per heavy atom. The average Bonchev–Trinajstić information content (AvgIpc) is 2.77. The molecule has 0 aliphatic rings. The van der Waals surface area contributed by atoms with Gasteiger partial charge < -0.3 is 10.5 Å². The van der Waals surface area contributed by atoms with E-state index in [9.17, 15) is 0 Å². The number of benzene rings is 2. The van der Waals surface area contributed by atoms with Crippen molar-refractivity contribution in [2.45, 2.75) is 58.8 Å². The third kappa shape index (κ3) is 5.39. The maximum absolute atomic E-state index is 6.11. The lowest BCUT2D eigenvalue weighted by molar-refractivity contribution is 0.322. The average molecular weight is 454 g/mol. The van der Waals surface area contributed by atoms with Gasteiger partial charge in [0.2, 0.25) is 0 Å². The minimum Gasteiger partial charge on any atom is -0.493 e. The van der Waals surface area contributed by atoms with Gasteiger partial charge in [0.25, 0.3) is 0 Å². The monoisotopic (exact) mass is 453 g/mol. The van der Waals surface area contributed by atoms with Gasteiger partial charge in [-0.3, -0.25) is 0 Å². The number of nitrogens with two attached hydrogens (primary N) is 1. The molecule has 0 aliphatic heterocycles. The third-order valence-corrected chi connectivity index (χ3v) is 6.17. The molecular formula is C30H35N3O. The summed E-state index contributed by atoms with van der Waals surface area (Å²) in [5, 5.41) is 0.985. The molecule has 4 heteroatoms. The molecule has 0 unspecified atom stereocenters. The first kappa shape index (κ1) is 23.7. The Bertz CT molecular complexity index is 1260. The van der Waals surface area contributed by atoms with Gasteiger partial charge in [0.1, 0.15) is 11.6 Å². The Morgan fingerprint density at radius 3 is 2.06 bits per heavy atom. The number of pyridine rings is 2. The van der Waals surface area contributed by atoms with Crippen LogP contribution >= 0.6 is 0 Å². The van der Waals surface area contributed by atoms with Crippen LogP contribution in [0.4, 0.5) is 5.82 Å². The number of ether oxygens (including phenoxy) is 1. The molecule has 0 saturated carbocycles. The van der Waals surface area contributed by atoms with Gasteiger partial charge in [0.05, 0.1) is 6.61 Å². The largest absolute Gasteiger partial charge is 0.493 e. The molecule has 2 N–H and O–H groups in total. The second-order valence-electron chi connectivity index (χ2n) is 11.0. The summed E-state index contributed by atoms with van der Waals surface area (Å²) in [7, 11) is 0. The smallest absolute Gasteiger partial charge is 0.162 e. The number of nitrogens with zero attached hydrogens (tertiary/aromatic N) is 2. The molecule has 4 aromatic rings. The van der Waals surface area contributed by atoms with Crippen molar-refractivity contribution in [2.24, 2.45) is 0 Å². The highest BCUT2D eigenvalue weighted by Gasteiger charge is 2.20. The Hall–Kier alpha value is -3.40. The van der Waals surface area contributed by atoms with E-state index in [0.717, 1.165) is 28.7 Å². The summed E-state index contributed by atoms with van der Waals surface area (Å²) in [5.41, 5.74) is 13.0. The Morgan fingerprint density at radius 1 is 0.794 bits per heavy atom. The number of rotatable bonds is 5. The second-order valence-corrected chi connectivity index (χ2v) is 11.0. The van der Waals surface area contributed by atoms with Gasteiger partial charge in [-0.15, -0.1) is 0 Å². The molecule has 0 aliphatic carbocycles. The predicted octanol–water partition coefficient (Wildman–Crippen LogP) is 7.10. The summed E-state index contributed by atoms with van der Waals surface area (Å²) in [6, 6.07) is 21.0. The van der Waals surface area contributed by atoms with E-state index in [1.807, 2.05) is 30.3 Å². The zero-order valence-electron chi connectivity index (χ0n) is 21.1. The van der Waals surface area contributed by atoms with Crippen LogP contribution in [0.25, 0.3) is 22.2 Å². The summed E-state index contributed by atoms with van der Waals surface area (Å²) in [6.45, 7) is 14.3. The Labute approximate surface area is 203 Å². The Balaban J connectivity index is 1.48. The molecule has 4 nitrogen and oxygen atoms in total. The second kappa shape index (κ2) is 9.09. The van der Waals surface area contributed by atoms with Crippen molar-refractivity contribution in [3.8, 4) is 16.9 Å². The van der Waals surface area contributed by atoms with Crippen LogP contribution in [0.5, 0.6) is 5.75 Å². The van der Waals surface area contributed by atoms with Crippen LogP contribution in [0.2, 0.25) is 0 Å². The molecule has 2 aromatic carbocycles. The highest BCUT2D eigenvalue weighted by Crippen LogP contribution is 2.31. The maximum atomic E-state index is 6.11. The number of aromatic nitrogens is 2. The van der Waals surface area contributed by atoms with E-state index in [1.54, 1.807) is 6.20 Å². The van der Waals surface area contributed by atoms with E-state index in [2.05, 4.69) is 81.8 Å². The zero-order valence-corrected chi connectivity index (χ0v) is 21.1. The van der Waals surface area contributed by atoms with Gasteiger partial charge >= 0.3 is 0 Å². The molecule has 0 spiro atoms. The Kier molecular flexibility index (Phi) is 6.35. The van der Waals surface area contributed by atoms with Crippen LogP contribution in [0.1, 0.15) is 58.2 Å². The molecule has 0 bridgehead atoms. The number of fused-ring (bicyclic) bond motifs is 1. The van der Waals surface area contributed by atoms with Crippen molar-refractivity contribution in [3.05, 3.63) is 83.6 Å². The summed E-state index contributed by atoms with van der Waals surface area (Å²) in [6.07, 6.45) is 2.64. The van der Waals surface area contributed by atoms with Gasteiger partial charge in [-0.25, -0.2) is 9.97 Å². The maximum Gasteiger partial charge on any atom is 0.162 e. The first-order chi connectivity index (χ1) is 16.0. The number of anilines is 1. The molecule has 0 radical (unpaired) electrons. The van der Waals surface area contributed by atoms with Crippen molar-refractivity contribution < 1.29 is 4.74 Å². The molecule has 176 valence electrons. The van der Waals surface area contributed by atoms with E-state index in [-0.39, 0.29) is 10.8 Å². The summed E-state index contributed by atoms with van der Waals surface area (Å²) in [4.78, 5) is 8.67. The number of hydrogen-bond acceptors (Lipinski definition) is 4. The molecule has 4 rings (SSSR count). The van der Waals surface area contributed by atoms with E-state index in [0.29, 0.717) is 18.1 Å². The van der Waals surface area contributed by atoms with Gasteiger partial charge in [-0.05, 0) is 69.0 Å². The first-order valence-corrected chi connectivity index (χ1v) is 11.9. The highest BCUT2D eigenvalue weighted by molar-refractivity contribution is 5.93. The summed E-state index contributed by atoms with van der Waals surface area (Å²) < 4.78 is 6.11. The molecule has 2 heterocycles. The van der Waals surface area contributed by atoms with Crippen LogP contribution in [0, 0.1) is 0 Å². The van der Waals surface area contributed by atoms with Crippen molar-refractivity contribution in [1.82, 2.24) is 9.97 Å². The van der Waals surface area contributed by atoms with E-state index < -0.39 is 0 Å². The van der Waals surface area contributed by atoms with E-state index in [1.165, 1.54) is 16.7 Å². The van der Waals surface area contributed by atoms with Crippen molar-refractivity contribution in [3.63, 3.8) is 0 Å². The predicted molar refractivity (Wildman–Crippen MR) is 142 cm³/mol. The number of hydrogen-bond donors (Lipinski definition) is 1. The van der Waals surface area contributed by atoms with Gasteiger partial charge in [-0.2, -0.15) is 0 Å². The fourth-order valence-corrected chi connectivity index (χ4v) is 4.02. The number of nitrogen functional groups attached to an aromatic ring is 1. The third-order valence-electron chi connectivity index (χ3n) is 6.17. The standard InChI is InChI=1S/C30H35N3O/c1-29(2,3)22-17-20(18-23(19-22)30(4,5)6)14-16-34-24-9-7-21(8-10-24)25-13-15-32-28-26(25)11-12-27(31)33-28/h7-13,15,17-19H,14,16H2,1-6H3,(H2,31,32,33). The molecule has 0 amide bonds. The minimum absolute atomic E-state index is 0.116. The van der Waals surface area contributed by atoms with Crippen molar-refractivity contribution in [2.75, 3.05) is 12.3 Å². The van der Waals surface area contributed by atoms with Crippen LogP contribution < -0.4 is 10.5 Å². The molecule has 0 fully saturated rings. The quantitative estimate of drug-likeness (QED) is 0.350. The lowest BCUT2D eigenvalue weighted by Gasteiger charge is -2.26. The summed E-state index contributed by atoms with van der Waals surface area (Å²) in [5.74, 6) is 1.34. The lowest BCUT2D eigenvalue weighted by atomic mass is 9.79. The normalized spacial score (nSPS) is 12.2. The van der Waals surface area contributed by atoms with Gasteiger partial charge in [0, 0.05) is 18.0 Å². The highest BCUT2D eigenvalue weighted by atomic mass is 16.5. The van der Waals surface area contributed by atoms with Crippen LogP contribution in [0.15, 0.2) is 66.9 Å². The van der Waals surface area contributed by atoms with Gasteiger partial charge in [-0.1, -0.05) is 71.9 Å². The molecule has 0 saturated heterocycles. The fraction of sp³-hybridized carbons (Fsp3) is 0.333. The molecule has 0 atom stereocenters. The van der Waals surface area contributed by atoms with Gasteiger partial charge in [0.15, 0.2) is 5.65 Å². The SMILES string of the molecule is CC(C)(C)c1cc(CCOc2ccc(-c3ccnc4nc(N)ccc34)cc2)cc(C(C)(C)C)c1. The zero-order chi connectivity index (χ0) is 24.5. The van der Waals surface area contributed by atoms with Crippen molar-refractivity contribution in [1.29, 1.82) is 0 Å². The first-order valence-electron chi connectivity index (χ1n) is 11.9. The molecule has 2 aromatic heterocycles. The van der Waals surface area contributed by atoms with E-state index in [4.69, 9.17) is 10.5 Å². The molecule has 34 heavy (non-hydrogen) atoms. The molecular weight excluding hydrogens is 418 g/mol. The van der Waals surface area contributed by atoms with Crippen LogP contribution in [-0.2, 0) is 17.3 Å². The minimum atomic E-state index is 0.116. The topological polar surface area (TPSA) is 61.0 Å².